The number of ether oxygens (including phenoxy) is 1. The second-order valence-corrected chi connectivity index (χ2v) is 9.61. The first-order valence-electron chi connectivity index (χ1n) is 12.0. The van der Waals surface area contributed by atoms with Gasteiger partial charge in [0.1, 0.15) is 5.75 Å². The number of nitrogens with zero attached hydrogens (tertiary/aromatic N) is 3. The van der Waals surface area contributed by atoms with Crippen LogP contribution >= 0.6 is 0 Å². The SMILES string of the molecule is COc1ccc(CN2C(=O)c3cccc4c(N5CCCN(CC(C)C)CC5)ccc2c34)cc1. The summed E-state index contributed by atoms with van der Waals surface area (Å²) in [5.74, 6) is 1.60. The molecule has 3 aromatic rings. The Morgan fingerprint density at radius 3 is 2.45 bits per heavy atom. The number of benzene rings is 3. The molecule has 0 atom stereocenters. The normalized spacial score (nSPS) is 16.7. The molecule has 3 aromatic carbocycles. The van der Waals surface area contributed by atoms with Crippen molar-refractivity contribution in [3.8, 4) is 5.75 Å². The molecule has 0 unspecified atom stereocenters. The highest BCUT2D eigenvalue weighted by molar-refractivity contribution is 6.26. The van der Waals surface area contributed by atoms with Crippen LogP contribution in [0.5, 0.6) is 5.75 Å². The van der Waals surface area contributed by atoms with E-state index in [2.05, 4.69) is 41.8 Å². The monoisotopic (exact) mass is 443 g/mol. The first-order chi connectivity index (χ1) is 16.0. The Morgan fingerprint density at radius 2 is 1.70 bits per heavy atom. The largest absolute Gasteiger partial charge is 0.497 e. The first-order valence-corrected chi connectivity index (χ1v) is 12.0. The lowest BCUT2D eigenvalue weighted by Crippen LogP contribution is -2.33. The van der Waals surface area contributed by atoms with E-state index in [1.54, 1.807) is 7.11 Å². The second-order valence-electron chi connectivity index (χ2n) is 9.61. The van der Waals surface area contributed by atoms with Gasteiger partial charge in [-0.1, -0.05) is 38.1 Å². The summed E-state index contributed by atoms with van der Waals surface area (Å²) >= 11 is 0. The topological polar surface area (TPSA) is 36.0 Å². The van der Waals surface area contributed by atoms with Crippen molar-refractivity contribution in [2.45, 2.75) is 26.8 Å². The van der Waals surface area contributed by atoms with Gasteiger partial charge in [-0.15, -0.1) is 0 Å². The summed E-state index contributed by atoms with van der Waals surface area (Å²) in [6.45, 7) is 10.6. The predicted octanol–water partition coefficient (Wildman–Crippen LogP) is 5.18. The van der Waals surface area contributed by atoms with Crippen LogP contribution in [0.25, 0.3) is 10.8 Å². The number of amides is 1. The second kappa shape index (κ2) is 9.06. The summed E-state index contributed by atoms with van der Waals surface area (Å²) in [5, 5.41) is 2.28. The van der Waals surface area contributed by atoms with E-state index < -0.39 is 0 Å². The average molecular weight is 444 g/mol. The van der Waals surface area contributed by atoms with E-state index in [-0.39, 0.29) is 5.91 Å². The van der Waals surface area contributed by atoms with Gasteiger partial charge in [0.2, 0.25) is 0 Å². The first kappa shape index (κ1) is 21.8. The predicted molar refractivity (Wildman–Crippen MR) is 136 cm³/mol. The molecule has 0 aliphatic carbocycles. The third-order valence-electron chi connectivity index (χ3n) is 6.81. The Labute approximate surface area is 196 Å². The average Bonchev–Trinajstić information content (AvgIpc) is 2.96. The molecule has 2 aliphatic rings. The van der Waals surface area contributed by atoms with Gasteiger partial charge in [0, 0.05) is 48.2 Å². The van der Waals surface area contributed by atoms with Gasteiger partial charge in [-0.3, -0.25) is 4.79 Å². The van der Waals surface area contributed by atoms with Gasteiger partial charge in [0.05, 0.1) is 19.3 Å². The Balaban J connectivity index is 1.45. The van der Waals surface area contributed by atoms with Crippen molar-refractivity contribution >= 4 is 28.1 Å². The fourth-order valence-electron chi connectivity index (χ4n) is 5.29. The molecule has 1 saturated heterocycles. The molecule has 0 bridgehead atoms. The van der Waals surface area contributed by atoms with Gasteiger partial charge >= 0.3 is 0 Å². The molecular weight excluding hydrogens is 410 g/mol. The number of carbonyl (C=O) groups excluding carboxylic acids is 1. The summed E-state index contributed by atoms with van der Waals surface area (Å²) in [6.07, 6.45) is 1.16. The Kier molecular flexibility index (Phi) is 5.98. The lowest BCUT2D eigenvalue weighted by atomic mass is 10.0. The molecule has 2 heterocycles. The maximum atomic E-state index is 13.4. The zero-order valence-corrected chi connectivity index (χ0v) is 19.9. The lowest BCUT2D eigenvalue weighted by Gasteiger charge is -2.26. The molecule has 0 radical (unpaired) electrons. The molecule has 1 amide bonds. The summed E-state index contributed by atoms with van der Waals surface area (Å²) < 4.78 is 5.27. The minimum absolute atomic E-state index is 0.0857. The highest BCUT2D eigenvalue weighted by atomic mass is 16.5. The van der Waals surface area contributed by atoms with Crippen molar-refractivity contribution in [2.24, 2.45) is 5.92 Å². The van der Waals surface area contributed by atoms with Crippen LogP contribution in [0.4, 0.5) is 11.4 Å². The van der Waals surface area contributed by atoms with Crippen LogP contribution in [0, 0.1) is 5.92 Å². The summed E-state index contributed by atoms with van der Waals surface area (Å²) in [6, 6.07) is 18.5. The van der Waals surface area contributed by atoms with Crippen LogP contribution in [0.2, 0.25) is 0 Å². The molecule has 0 N–H and O–H groups in total. The fourth-order valence-corrected chi connectivity index (χ4v) is 5.29. The molecule has 172 valence electrons. The number of hydrogen-bond donors (Lipinski definition) is 0. The molecule has 5 nitrogen and oxygen atoms in total. The number of carbonyl (C=O) groups is 1. The molecule has 2 aliphatic heterocycles. The van der Waals surface area contributed by atoms with E-state index in [1.165, 1.54) is 11.1 Å². The standard InChI is InChI=1S/C28H33N3O2/c1-20(2)18-29-14-5-15-30(17-16-29)25-12-13-26-27-23(25)6-4-7-24(27)28(32)31(26)19-21-8-10-22(33-3)11-9-21/h4,6-13,20H,5,14-19H2,1-3H3. The van der Waals surface area contributed by atoms with E-state index in [0.29, 0.717) is 12.5 Å². The molecule has 0 saturated carbocycles. The van der Waals surface area contributed by atoms with Crippen LogP contribution in [0.3, 0.4) is 0 Å². The smallest absolute Gasteiger partial charge is 0.259 e. The quantitative estimate of drug-likeness (QED) is 0.526. The molecule has 5 heteroatoms. The van der Waals surface area contributed by atoms with E-state index in [4.69, 9.17) is 4.74 Å². The van der Waals surface area contributed by atoms with Gasteiger partial charge in [-0.2, -0.15) is 0 Å². The minimum atomic E-state index is 0.0857. The Bertz CT molecular complexity index is 1160. The van der Waals surface area contributed by atoms with E-state index in [0.717, 1.165) is 67.1 Å². The number of rotatable bonds is 6. The van der Waals surface area contributed by atoms with Gasteiger partial charge < -0.3 is 19.4 Å². The van der Waals surface area contributed by atoms with Crippen molar-refractivity contribution in [3.05, 3.63) is 65.7 Å². The van der Waals surface area contributed by atoms with Crippen LogP contribution in [-0.2, 0) is 6.54 Å². The molecular formula is C28H33N3O2. The zero-order chi connectivity index (χ0) is 22.9. The third-order valence-corrected chi connectivity index (χ3v) is 6.81. The number of methoxy groups -OCH3 is 1. The number of anilines is 2. The van der Waals surface area contributed by atoms with E-state index >= 15 is 0 Å². The molecule has 5 rings (SSSR count). The van der Waals surface area contributed by atoms with E-state index in [1.807, 2.05) is 41.3 Å². The van der Waals surface area contributed by atoms with Crippen LogP contribution < -0.4 is 14.5 Å². The Morgan fingerprint density at radius 1 is 0.909 bits per heavy atom. The molecule has 0 aromatic heterocycles. The number of hydrogen-bond acceptors (Lipinski definition) is 4. The lowest BCUT2D eigenvalue weighted by molar-refractivity contribution is 0.0991. The van der Waals surface area contributed by atoms with Crippen LogP contribution in [-0.4, -0.2) is 50.6 Å². The van der Waals surface area contributed by atoms with Crippen molar-refractivity contribution in [1.82, 2.24) is 4.90 Å². The van der Waals surface area contributed by atoms with Crippen molar-refractivity contribution < 1.29 is 9.53 Å². The highest BCUT2D eigenvalue weighted by Gasteiger charge is 2.31. The summed E-state index contributed by atoms with van der Waals surface area (Å²) in [5.41, 5.74) is 4.17. The van der Waals surface area contributed by atoms with Gasteiger partial charge in [0.15, 0.2) is 0 Å². The van der Waals surface area contributed by atoms with Crippen LogP contribution in [0.15, 0.2) is 54.6 Å². The fraction of sp³-hybridized carbons (Fsp3) is 0.393. The Hall–Kier alpha value is -3.05. The minimum Gasteiger partial charge on any atom is -0.497 e. The maximum absolute atomic E-state index is 13.4. The highest BCUT2D eigenvalue weighted by Crippen LogP contribution is 2.42. The van der Waals surface area contributed by atoms with Crippen LogP contribution in [0.1, 0.15) is 36.2 Å². The molecule has 0 spiro atoms. The van der Waals surface area contributed by atoms with Gasteiger partial charge in [-0.05, 0) is 54.8 Å². The van der Waals surface area contributed by atoms with Gasteiger partial charge in [-0.25, -0.2) is 0 Å². The zero-order valence-electron chi connectivity index (χ0n) is 19.9. The summed E-state index contributed by atoms with van der Waals surface area (Å²) in [4.78, 5) is 20.4. The van der Waals surface area contributed by atoms with E-state index in [9.17, 15) is 4.79 Å². The molecule has 33 heavy (non-hydrogen) atoms. The van der Waals surface area contributed by atoms with Crippen molar-refractivity contribution in [1.29, 1.82) is 0 Å². The molecule has 1 fully saturated rings. The van der Waals surface area contributed by atoms with Gasteiger partial charge in [0.25, 0.3) is 5.91 Å². The third kappa shape index (κ3) is 4.18. The maximum Gasteiger partial charge on any atom is 0.259 e. The van der Waals surface area contributed by atoms with Crippen molar-refractivity contribution in [2.75, 3.05) is 49.6 Å². The van der Waals surface area contributed by atoms with Crippen molar-refractivity contribution in [3.63, 3.8) is 0 Å². The summed E-state index contributed by atoms with van der Waals surface area (Å²) in [7, 11) is 1.67.